The van der Waals surface area contributed by atoms with Crippen LogP contribution in [0.15, 0.2) is 24.3 Å². The lowest BCUT2D eigenvalue weighted by Crippen LogP contribution is -2.13. The fourth-order valence-electron chi connectivity index (χ4n) is 2.84. The fraction of sp³-hybridized carbons (Fsp3) is 0.412. The molecule has 114 valence electrons. The van der Waals surface area contributed by atoms with E-state index < -0.39 is 0 Å². The van der Waals surface area contributed by atoms with Crippen LogP contribution in [0.1, 0.15) is 23.9 Å². The zero-order valence-electron chi connectivity index (χ0n) is 13.5. The van der Waals surface area contributed by atoms with Gasteiger partial charge in [-0.2, -0.15) is 0 Å². The van der Waals surface area contributed by atoms with Gasteiger partial charge in [-0.15, -0.1) is 0 Å². The summed E-state index contributed by atoms with van der Waals surface area (Å²) in [4.78, 5) is 2.04. The van der Waals surface area contributed by atoms with Crippen LogP contribution in [0.4, 0.5) is 11.4 Å². The number of aromatic nitrogens is 1. The number of anilines is 2. The number of nitrogens with zero attached hydrogens (tertiary/aromatic N) is 2. The molecule has 0 atom stereocenters. The summed E-state index contributed by atoms with van der Waals surface area (Å²) in [7, 11) is 4.02. The van der Waals surface area contributed by atoms with Crippen molar-refractivity contribution >= 4 is 23.0 Å². The molecule has 0 aliphatic carbocycles. The highest BCUT2D eigenvalue weighted by Crippen LogP contribution is 2.33. The third-order valence-corrected chi connectivity index (χ3v) is 4.20. The molecule has 0 saturated carbocycles. The van der Waals surface area contributed by atoms with Crippen molar-refractivity contribution in [3.8, 4) is 0 Å². The quantitative estimate of drug-likeness (QED) is 0.880. The Labute approximate surface area is 132 Å². The van der Waals surface area contributed by atoms with E-state index in [0.29, 0.717) is 0 Å². The average molecular weight is 306 g/mol. The number of aryl methyl sites for hydroxylation is 1. The van der Waals surface area contributed by atoms with E-state index in [2.05, 4.69) is 42.8 Å². The molecule has 1 aromatic carbocycles. The molecule has 2 rings (SSSR count). The van der Waals surface area contributed by atoms with Gasteiger partial charge in [0.1, 0.15) is 0 Å². The van der Waals surface area contributed by atoms with Crippen molar-refractivity contribution < 1.29 is 0 Å². The smallest absolute Gasteiger partial charge is 0.0786 e. The summed E-state index contributed by atoms with van der Waals surface area (Å²) >= 11 is 6.30. The Hall–Kier alpha value is -1.61. The zero-order chi connectivity index (χ0) is 15.6. The maximum atomic E-state index is 6.30. The lowest BCUT2D eigenvalue weighted by Gasteiger charge is -2.20. The maximum Gasteiger partial charge on any atom is 0.0786 e. The molecular formula is C17H24ClN3. The number of nitrogens with one attached hydrogen (secondary N) is 1. The van der Waals surface area contributed by atoms with E-state index in [1.54, 1.807) is 0 Å². The van der Waals surface area contributed by atoms with Gasteiger partial charge in [0.2, 0.25) is 0 Å². The van der Waals surface area contributed by atoms with Crippen molar-refractivity contribution in [2.24, 2.45) is 0 Å². The fourth-order valence-corrected chi connectivity index (χ4v) is 3.18. The third kappa shape index (κ3) is 3.18. The number of hydrogen-bond donors (Lipinski definition) is 1. The Balaban J connectivity index is 2.23. The van der Waals surface area contributed by atoms with E-state index >= 15 is 0 Å². The summed E-state index contributed by atoms with van der Waals surface area (Å²) < 4.78 is 2.34. The summed E-state index contributed by atoms with van der Waals surface area (Å²) in [6, 6.07) is 8.23. The van der Waals surface area contributed by atoms with Crippen LogP contribution in [0.3, 0.4) is 0 Å². The number of benzene rings is 1. The summed E-state index contributed by atoms with van der Waals surface area (Å²) in [5.74, 6) is 0. The van der Waals surface area contributed by atoms with Crippen LogP contribution in [0.2, 0.25) is 5.02 Å². The molecule has 4 heteroatoms. The minimum Gasteiger partial charge on any atom is -0.379 e. The highest BCUT2D eigenvalue weighted by atomic mass is 35.5. The van der Waals surface area contributed by atoms with Crippen molar-refractivity contribution in [2.45, 2.75) is 33.9 Å². The van der Waals surface area contributed by atoms with E-state index in [-0.39, 0.29) is 0 Å². The first-order chi connectivity index (χ1) is 9.95. The molecule has 0 spiro atoms. The molecule has 0 amide bonds. The molecule has 0 aliphatic heterocycles. The van der Waals surface area contributed by atoms with Gasteiger partial charge in [0.05, 0.1) is 16.4 Å². The van der Waals surface area contributed by atoms with Crippen LogP contribution < -0.4 is 10.2 Å². The maximum absolute atomic E-state index is 6.30. The van der Waals surface area contributed by atoms with E-state index in [4.69, 9.17) is 11.6 Å². The summed E-state index contributed by atoms with van der Waals surface area (Å²) in [5.41, 5.74) is 6.07. The second-order valence-electron chi connectivity index (χ2n) is 5.52. The Kier molecular flexibility index (Phi) is 4.84. The molecule has 0 bridgehead atoms. The van der Waals surface area contributed by atoms with Crippen LogP contribution in [-0.4, -0.2) is 18.7 Å². The predicted octanol–water partition coefficient (Wildman–Crippen LogP) is 4.46. The van der Waals surface area contributed by atoms with Crippen molar-refractivity contribution in [2.75, 3.05) is 24.3 Å². The van der Waals surface area contributed by atoms with Crippen molar-refractivity contribution in [1.29, 1.82) is 0 Å². The number of rotatable bonds is 5. The van der Waals surface area contributed by atoms with E-state index in [1.165, 1.54) is 17.0 Å². The molecule has 0 fully saturated rings. The summed E-state index contributed by atoms with van der Waals surface area (Å²) in [6.07, 6.45) is 0. The Morgan fingerprint density at radius 1 is 1.24 bits per heavy atom. The molecule has 1 N–H and O–H groups in total. The van der Waals surface area contributed by atoms with Gasteiger partial charge in [-0.3, -0.25) is 0 Å². The van der Waals surface area contributed by atoms with Gasteiger partial charge in [0.15, 0.2) is 0 Å². The second kappa shape index (κ2) is 6.44. The monoisotopic (exact) mass is 305 g/mol. The zero-order valence-corrected chi connectivity index (χ0v) is 14.3. The minimum absolute atomic E-state index is 0.768. The van der Waals surface area contributed by atoms with E-state index in [9.17, 15) is 0 Å². The molecule has 0 radical (unpaired) electrons. The van der Waals surface area contributed by atoms with Crippen molar-refractivity contribution in [3.05, 3.63) is 46.2 Å². The van der Waals surface area contributed by atoms with Gasteiger partial charge in [-0.25, -0.2) is 0 Å². The first kappa shape index (κ1) is 15.8. The predicted molar refractivity (Wildman–Crippen MR) is 92.7 cm³/mol. The number of hydrogen-bond acceptors (Lipinski definition) is 2. The molecular weight excluding hydrogens is 282 g/mol. The number of para-hydroxylation sites is 1. The number of halogens is 1. The molecule has 21 heavy (non-hydrogen) atoms. The molecule has 2 aromatic rings. The Bertz CT molecular complexity index is 629. The van der Waals surface area contributed by atoms with Gasteiger partial charge >= 0.3 is 0 Å². The van der Waals surface area contributed by atoms with Crippen molar-refractivity contribution in [3.63, 3.8) is 0 Å². The van der Waals surface area contributed by atoms with Gasteiger partial charge < -0.3 is 14.8 Å². The Morgan fingerprint density at radius 3 is 2.52 bits per heavy atom. The van der Waals surface area contributed by atoms with Crippen molar-refractivity contribution in [1.82, 2.24) is 4.57 Å². The lowest BCUT2D eigenvalue weighted by molar-refractivity contribution is 0.715. The molecule has 0 saturated heterocycles. The van der Waals surface area contributed by atoms with E-state index in [1.807, 2.05) is 31.1 Å². The van der Waals surface area contributed by atoms with Crippen LogP contribution >= 0.6 is 11.6 Å². The standard InChI is InChI=1S/C17H24ClN3/c1-6-21-12(2)10-14(13(21)3)11-19-16-9-7-8-15(18)17(16)20(4)5/h7-10,19H,6,11H2,1-5H3. The lowest BCUT2D eigenvalue weighted by atomic mass is 10.2. The van der Waals surface area contributed by atoms with E-state index in [0.717, 1.165) is 29.5 Å². The highest BCUT2D eigenvalue weighted by Gasteiger charge is 2.11. The SMILES string of the molecule is CCn1c(C)cc(CNc2cccc(Cl)c2N(C)C)c1C. The topological polar surface area (TPSA) is 20.2 Å². The van der Waals surface area contributed by atoms with Crippen LogP contribution in [0.25, 0.3) is 0 Å². The first-order valence-electron chi connectivity index (χ1n) is 7.31. The second-order valence-corrected chi connectivity index (χ2v) is 5.93. The Morgan fingerprint density at radius 2 is 1.95 bits per heavy atom. The molecule has 3 nitrogen and oxygen atoms in total. The van der Waals surface area contributed by atoms with Gasteiger partial charge in [-0.05, 0) is 44.5 Å². The normalized spacial score (nSPS) is 10.8. The van der Waals surface area contributed by atoms with Crippen LogP contribution in [0.5, 0.6) is 0 Å². The molecule has 1 aromatic heterocycles. The molecule has 0 unspecified atom stereocenters. The minimum atomic E-state index is 0.768. The van der Waals surface area contributed by atoms with Gasteiger partial charge in [-0.1, -0.05) is 17.7 Å². The van der Waals surface area contributed by atoms with Crippen LogP contribution in [-0.2, 0) is 13.1 Å². The largest absolute Gasteiger partial charge is 0.379 e. The molecule has 0 aliphatic rings. The van der Waals surface area contributed by atoms with Gasteiger partial charge in [0.25, 0.3) is 0 Å². The van der Waals surface area contributed by atoms with Crippen LogP contribution in [0, 0.1) is 13.8 Å². The summed E-state index contributed by atoms with van der Waals surface area (Å²) in [5, 5.41) is 4.29. The average Bonchev–Trinajstić information content (AvgIpc) is 2.70. The van der Waals surface area contributed by atoms with Gasteiger partial charge in [0, 0.05) is 38.6 Å². The highest BCUT2D eigenvalue weighted by molar-refractivity contribution is 6.34. The summed E-state index contributed by atoms with van der Waals surface area (Å²) in [6.45, 7) is 8.33. The first-order valence-corrected chi connectivity index (χ1v) is 7.68. The molecule has 1 heterocycles. The third-order valence-electron chi connectivity index (χ3n) is 3.90.